The van der Waals surface area contributed by atoms with Crippen molar-refractivity contribution in [1.82, 2.24) is 0 Å². The van der Waals surface area contributed by atoms with E-state index < -0.39 is 6.10 Å². The van der Waals surface area contributed by atoms with Gasteiger partial charge in [-0.05, 0) is 30.7 Å². The Labute approximate surface area is 116 Å². The van der Waals surface area contributed by atoms with E-state index in [2.05, 4.69) is 0 Å². The Hall–Kier alpha value is -1.52. The molecule has 0 saturated heterocycles. The molecular formula is C15H15FO2S. The van der Waals surface area contributed by atoms with Crippen molar-refractivity contribution in [3.05, 3.63) is 53.8 Å². The summed E-state index contributed by atoms with van der Waals surface area (Å²) in [5, 5.41) is 9.72. The van der Waals surface area contributed by atoms with Crippen LogP contribution < -0.4 is 4.74 Å². The first kappa shape index (κ1) is 13.9. The first-order valence-corrected chi connectivity index (χ1v) is 6.72. The molecule has 2 nitrogen and oxygen atoms in total. The molecule has 0 heterocycles. The molecular weight excluding hydrogens is 263 g/mol. The zero-order chi connectivity index (χ0) is 13.8. The van der Waals surface area contributed by atoms with Gasteiger partial charge in [0.05, 0.1) is 23.0 Å². The fourth-order valence-electron chi connectivity index (χ4n) is 1.78. The molecule has 0 radical (unpaired) electrons. The van der Waals surface area contributed by atoms with Crippen molar-refractivity contribution in [1.29, 1.82) is 0 Å². The van der Waals surface area contributed by atoms with Crippen molar-refractivity contribution in [2.24, 2.45) is 0 Å². The monoisotopic (exact) mass is 278 g/mol. The second-order valence-electron chi connectivity index (χ2n) is 4.09. The van der Waals surface area contributed by atoms with Gasteiger partial charge in [-0.3, -0.25) is 0 Å². The third-order valence-electron chi connectivity index (χ3n) is 2.73. The van der Waals surface area contributed by atoms with E-state index in [1.807, 2.05) is 24.3 Å². The summed E-state index contributed by atoms with van der Waals surface area (Å²) in [6, 6.07) is 12.1. The molecule has 0 aliphatic heterocycles. The number of benzene rings is 2. The second-order valence-corrected chi connectivity index (χ2v) is 5.14. The van der Waals surface area contributed by atoms with Crippen molar-refractivity contribution in [3.8, 4) is 5.75 Å². The molecule has 0 bridgehead atoms. The Bertz CT molecular complexity index is 570. The minimum absolute atomic E-state index is 0.339. The van der Waals surface area contributed by atoms with E-state index in [9.17, 15) is 9.50 Å². The van der Waals surface area contributed by atoms with Gasteiger partial charge in [-0.15, -0.1) is 0 Å². The van der Waals surface area contributed by atoms with Gasteiger partial charge >= 0.3 is 0 Å². The van der Waals surface area contributed by atoms with Gasteiger partial charge < -0.3 is 9.84 Å². The number of halogens is 1. The number of aliphatic hydroxyl groups excluding tert-OH is 1. The van der Waals surface area contributed by atoms with E-state index in [-0.39, 0.29) is 5.82 Å². The number of para-hydroxylation sites is 1. The fourth-order valence-corrected chi connectivity index (χ4v) is 2.92. The van der Waals surface area contributed by atoms with Crippen LogP contribution in [0.25, 0.3) is 0 Å². The molecule has 19 heavy (non-hydrogen) atoms. The van der Waals surface area contributed by atoms with Crippen LogP contribution in [0.4, 0.5) is 4.39 Å². The molecule has 2 aromatic carbocycles. The third-order valence-corrected chi connectivity index (χ3v) is 3.92. The van der Waals surface area contributed by atoms with Crippen LogP contribution in [0.2, 0.25) is 0 Å². The van der Waals surface area contributed by atoms with Gasteiger partial charge in [0.2, 0.25) is 0 Å². The van der Waals surface area contributed by atoms with E-state index in [1.54, 1.807) is 26.2 Å². The van der Waals surface area contributed by atoms with Crippen LogP contribution in [0.15, 0.2) is 52.3 Å². The molecule has 1 atom stereocenters. The van der Waals surface area contributed by atoms with Crippen LogP contribution in [0.3, 0.4) is 0 Å². The summed E-state index contributed by atoms with van der Waals surface area (Å²) >= 11 is 1.26. The number of rotatable bonds is 4. The molecule has 0 saturated carbocycles. The first-order chi connectivity index (χ1) is 9.13. The average molecular weight is 278 g/mol. The summed E-state index contributed by atoms with van der Waals surface area (Å²) in [5.74, 6) is 0.349. The summed E-state index contributed by atoms with van der Waals surface area (Å²) in [6.45, 7) is 1.63. The zero-order valence-corrected chi connectivity index (χ0v) is 11.6. The highest BCUT2D eigenvalue weighted by molar-refractivity contribution is 7.99. The van der Waals surface area contributed by atoms with Gasteiger partial charge in [0.15, 0.2) is 0 Å². The lowest BCUT2D eigenvalue weighted by Gasteiger charge is -2.14. The minimum atomic E-state index is -0.715. The molecule has 0 aliphatic carbocycles. The molecule has 2 rings (SSSR count). The molecule has 4 heteroatoms. The topological polar surface area (TPSA) is 29.5 Å². The van der Waals surface area contributed by atoms with Gasteiger partial charge in [-0.2, -0.15) is 0 Å². The summed E-state index contributed by atoms with van der Waals surface area (Å²) in [5.41, 5.74) is 0.580. The van der Waals surface area contributed by atoms with E-state index in [1.165, 1.54) is 17.8 Å². The lowest BCUT2D eigenvalue weighted by Crippen LogP contribution is -1.97. The number of ether oxygens (including phenoxy) is 1. The van der Waals surface area contributed by atoms with Crippen LogP contribution in [-0.2, 0) is 0 Å². The highest BCUT2D eigenvalue weighted by Gasteiger charge is 2.15. The van der Waals surface area contributed by atoms with E-state index in [0.29, 0.717) is 16.2 Å². The van der Waals surface area contributed by atoms with Crippen molar-refractivity contribution in [3.63, 3.8) is 0 Å². The molecule has 2 aromatic rings. The van der Waals surface area contributed by atoms with Crippen LogP contribution in [0.1, 0.15) is 18.6 Å². The molecule has 0 amide bonds. The van der Waals surface area contributed by atoms with Crippen LogP contribution in [0.5, 0.6) is 5.75 Å². The number of hydrogen-bond donors (Lipinski definition) is 1. The van der Waals surface area contributed by atoms with Gasteiger partial charge in [-0.1, -0.05) is 36.0 Å². The highest BCUT2D eigenvalue weighted by Crippen LogP contribution is 2.39. The van der Waals surface area contributed by atoms with Crippen molar-refractivity contribution in [2.75, 3.05) is 7.11 Å². The van der Waals surface area contributed by atoms with Crippen molar-refractivity contribution in [2.45, 2.75) is 22.8 Å². The van der Waals surface area contributed by atoms with Gasteiger partial charge in [0.25, 0.3) is 0 Å². The molecule has 0 aromatic heterocycles. The Balaban J connectivity index is 2.43. The van der Waals surface area contributed by atoms with Gasteiger partial charge in [0.1, 0.15) is 11.6 Å². The Morgan fingerprint density at radius 3 is 2.58 bits per heavy atom. The maximum Gasteiger partial charge on any atom is 0.137 e. The quantitative estimate of drug-likeness (QED) is 0.915. The number of aliphatic hydroxyl groups is 1. The minimum Gasteiger partial charge on any atom is -0.496 e. The van der Waals surface area contributed by atoms with Crippen LogP contribution in [-0.4, -0.2) is 12.2 Å². The standard InChI is InChI=1S/C15H15FO2S/c1-10(17)11-6-5-7-12(16)15(11)19-14-9-4-3-8-13(14)18-2/h3-10,17H,1-2H3. The van der Waals surface area contributed by atoms with Crippen molar-refractivity contribution < 1.29 is 14.2 Å². The lowest BCUT2D eigenvalue weighted by molar-refractivity contribution is 0.195. The van der Waals surface area contributed by atoms with E-state index in [4.69, 9.17) is 4.74 Å². The smallest absolute Gasteiger partial charge is 0.137 e. The zero-order valence-electron chi connectivity index (χ0n) is 10.8. The highest BCUT2D eigenvalue weighted by atomic mass is 32.2. The summed E-state index contributed by atoms with van der Waals surface area (Å²) in [6.07, 6.45) is -0.715. The summed E-state index contributed by atoms with van der Waals surface area (Å²) in [7, 11) is 1.58. The molecule has 0 fully saturated rings. The molecule has 1 unspecified atom stereocenters. The molecule has 0 aliphatic rings. The Morgan fingerprint density at radius 2 is 1.89 bits per heavy atom. The average Bonchev–Trinajstić information content (AvgIpc) is 2.41. The normalized spacial score (nSPS) is 12.2. The summed E-state index contributed by atoms with van der Waals surface area (Å²) in [4.78, 5) is 1.25. The lowest BCUT2D eigenvalue weighted by atomic mass is 10.1. The molecule has 1 N–H and O–H groups in total. The maximum absolute atomic E-state index is 14.0. The SMILES string of the molecule is COc1ccccc1Sc1c(F)cccc1C(C)O. The van der Waals surface area contributed by atoms with Crippen LogP contribution >= 0.6 is 11.8 Å². The predicted octanol–water partition coefficient (Wildman–Crippen LogP) is 4.04. The molecule has 0 spiro atoms. The fraction of sp³-hybridized carbons (Fsp3) is 0.200. The largest absolute Gasteiger partial charge is 0.496 e. The predicted molar refractivity (Wildman–Crippen MR) is 74.2 cm³/mol. The number of hydrogen-bond acceptors (Lipinski definition) is 3. The van der Waals surface area contributed by atoms with Gasteiger partial charge in [-0.25, -0.2) is 4.39 Å². The Morgan fingerprint density at radius 1 is 1.16 bits per heavy atom. The molecule has 100 valence electrons. The first-order valence-electron chi connectivity index (χ1n) is 5.91. The number of methoxy groups -OCH3 is 1. The Kier molecular flexibility index (Phi) is 4.45. The van der Waals surface area contributed by atoms with Gasteiger partial charge in [0, 0.05) is 0 Å². The van der Waals surface area contributed by atoms with Crippen LogP contribution in [0, 0.1) is 5.82 Å². The van der Waals surface area contributed by atoms with Crippen molar-refractivity contribution >= 4 is 11.8 Å². The van der Waals surface area contributed by atoms with E-state index in [0.717, 1.165) is 4.90 Å². The third kappa shape index (κ3) is 3.08. The second kappa shape index (κ2) is 6.08. The maximum atomic E-state index is 14.0. The van der Waals surface area contributed by atoms with E-state index >= 15 is 0 Å². The summed E-state index contributed by atoms with van der Waals surface area (Å²) < 4.78 is 19.2.